The number of aliphatic imine (C=N–C) groups is 1. The monoisotopic (exact) mass is 439 g/mol. The van der Waals surface area contributed by atoms with Crippen molar-refractivity contribution in [3.63, 3.8) is 0 Å². The molecule has 1 N–H and O–H groups in total. The Balaban J connectivity index is 1.72. The fourth-order valence-electron chi connectivity index (χ4n) is 3.39. The van der Waals surface area contributed by atoms with Gasteiger partial charge in [0.15, 0.2) is 10.2 Å². The van der Waals surface area contributed by atoms with E-state index in [4.69, 9.17) is 10.1 Å². The van der Waals surface area contributed by atoms with Crippen LogP contribution >= 0.6 is 23.5 Å². The van der Waals surface area contributed by atoms with Gasteiger partial charge in [-0.15, -0.1) is 5.10 Å². The molecule has 0 fully saturated rings. The summed E-state index contributed by atoms with van der Waals surface area (Å²) >= 11 is 2.90. The van der Waals surface area contributed by atoms with E-state index in [2.05, 4.69) is 14.7 Å². The number of benzene rings is 1. The van der Waals surface area contributed by atoms with E-state index in [9.17, 15) is 4.79 Å². The van der Waals surface area contributed by atoms with E-state index in [1.54, 1.807) is 24.9 Å². The molecular formula is C21H21N5O2S2. The zero-order valence-electron chi connectivity index (χ0n) is 17.1. The summed E-state index contributed by atoms with van der Waals surface area (Å²) in [5, 5.41) is 14.8. The third kappa shape index (κ3) is 3.59. The molecule has 4 rings (SSSR count). The largest absolute Gasteiger partial charge is 0.497 e. The Labute approximate surface area is 183 Å². The zero-order valence-corrected chi connectivity index (χ0v) is 18.7. The van der Waals surface area contributed by atoms with Crippen molar-refractivity contribution in [3.8, 4) is 11.4 Å². The van der Waals surface area contributed by atoms with Crippen LogP contribution in [0.3, 0.4) is 0 Å². The molecule has 2 aliphatic rings. The van der Waals surface area contributed by atoms with Crippen molar-refractivity contribution in [2.24, 2.45) is 10.1 Å². The summed E-state index contributed by atoms with van der Waals surface area (Å²) in [6.07, 6.45) is 1.73. The molecule has 154 valence electrons. The van der Waals surface area contributed by atoms with Crippen molar-refractivity contribution < 1.29 is 9.53 Å². The Morgan fingerprint density at radius 3 is 2.83 bits per heavy atom. The third-order valence-electron chi connectivity index (χ3n) is 4.79. The molecule has 2 aliphatic heterocycles. The SMILES string of the molecule is CCSC1=NN2C(=N)/C(=C\c3cc(C)n(-c4cccc(OC)c4)c3C)C(=O)N=C2S1. The smallest absolute Gasteiger partial charge is 0.283 e. The van der Waals surface area contributed by atoms with Crippen LogP contribution in [0.1, 0.15) is 23.9 Å². The van der Waals surface area contributed by atoms with Crippen LogP contribution in [-0.2, 0) is 4.79 Å². The Morgan fingerprint density at radius 2 is 2.10 bits per heavy atom. The van der Waals surface area contributed by atoms with E-state index in [0.29, 0.717) is 5.17 Å². The maximum Gasteiger partial charge on any atom is 0.283 e. The van der Waals surface area contributed by atoms with E-state index in [1.807, 2.05) is 51.1 Å². The maximum absolute atomic E-state index is 12.7. The number of ether oxygens (including phenoxy) is 1. The summed E-state index contributed by atoms with van der Waals surface area (Å²) in [6, 6.07) is 9.81. The number of hydrogen-bond donors (Lipinski definition) is 1. The minimum Gasteiger partial charge on any atom is -0.497 e. The van der Waals surface area contributed by atoms with E-state index in [1.165, 1.54) is 16.8 Å². The van der Waals surface area contributed by atoms with Crippen molar-refractivity contribution >= 4 is 50.9 Å². The molecule has 1 aromatic carbocycles. The molecule has 0 atom stereocenters. The second kappa shape index (κ2) is 8.16. The van der Waals surface area contributed by atoms with E-state index in [-0.39, 0.29) is 11.4 Å². The summed E-state index contributed by atoms with van der Waals surface area (Å²) in [7, 11) is 1.64. The minimum absolute atomic E-state index is 0.0513. The molecule has 0 aliphatic carbocycles. The highest BCUT2D eigenvalue weighted by atomic mass is 32.2. The molecule has 30 heavy (non-hydrogen) atoms. The van der Waals surface area contributed by atoms with Gasteiger partial charge in [0.05, 0.1) is 12.7 Å². The van der Waals surface area contributed by atoms with Crippen LogP contribution in [-0.4, -0.2) is 43.7 Å². The number of aromatic nitrogens is 1. The summed E-state index contributed by atoms with van der Waals surface area (Å²) in [5.74, 6) is 1.28. The van der Waals surface area contributed by atoms with Crippen molar-refractivity contribution in [2.75, 3.05) is 12.9 Å². The molecule has 3 heterocycles. The van der Waals surface area contributed by atoms with Crippen LogP contribution in [0.15, 0.2) is 46.0 Å². The predicted molar refractivity (Wildman–Crippen MR) is 125 cm³/mol. The van der Waals surface area contributed by atoms with Gasteiger partial charge in [-0.1, -0.05) is 24.8 Å². The van der Waals surface area contributed by atoms with Gasteiger partial charge in [-0.05, 0) is 61.2 Å². The summed E-state index contributed by atoms with van der Waals surface area (Å²) in [5.41, 5.74) is 4.05. The highest BCUT2D eigenvalue weighted by Gasteiger charge is 2.35. The first-order valence-electron chi connectivity index (χ1n) is 9.39. The number of thioether (sulfide) groups is 2. The Hall–Kier alpha value is -2.78. The van der Waals surface area contributed by atoms with Crippen molar-refractivity contribution in [2.45, 2.75) is 20.8 Å². The van der Waals surface area contributed by atoms with E-state index >= 15 is 0 Å². The zero-order chi connectivity index (χ0) is 21.4. The maximum atomic E-state index is 12.7. The second-order valence-corrected chi connectivity index (χ2v) is 9.15. The van der Waals surface area contributed by atoms with E-state index < -0.39 is 5.91 Å². The fourth-order valence-corrected chi connectivity index (χ4v) is 5.22. The summed E-state index contributed by atoms with van der Waals surface area (Å²) in [6.45, 7) is 6.03. The first-order valence-corrected chi connectivity index (χ1v) is 11.2. The normalized spacial score (nSPS) is 17.3. The van der Waals surface area contributed by atoms with Gasteiger partial charge in [-0.2, -0.15) is 10.0 Å². The van der Waals surface area contributed by atoms with Gasteiger partial charge >= 0.3 is 0 Å². The number of methoxy groups -OCH3 is 1. The lowest BCUT2D eigenvalue weighted by Gasteiger charge is -2.20. The minimum atomic E-state index is -0.414. The molecule has 0 radical (unpaired) electrons. The lowest BCUT2D eigenvalue weighted by atomic mass is 10.1. The van der Waals surface area contributed by atoms with Crippen molar-refractivity contribution in [1.29, 1.82) is 5.41 Å². The highest BCUT2D eigenvalue weighted by Crippen LogP contribution is 2.33. The molecule has 1 aromatic heterocycles. The van der Waals surface area contributed by atoms with Crippen LogP contribution in [0.2, 0.25) is 0 Å². The first-order chi connectivity index (χ1) is 14.4. The molecule has 1 amide bonds. The molecule has 2 aromatic rings. The van der Waals surface area contributed by atoms with Crippen LogP contribution in [0.4, 0.5) is 0 Å². The van der Waals surface area contributed by atoms with Gasteiger partial charge in [0, 0.05) is 23.1 Å². The molecule has 0 saturated carbocycles. The molecule has 9 heteroatoms. The second-order valence-electron chi connectivity index (χ2n) is 6.68. The molecule has 7 nitrogen and oxygen atoms in total. The van der Waals surface area contributed by atoms with Gasteiger partial charge in [-0.3, -0.25) is 10.2 Å². The highest BCUT2D eigenvalue weighted by molar-refractivity contribution is 8.45. The first kappa shape index (κ1) is 20.5. The Kier molecular flexibility index (Phi) is 5.57. The molecule has 0 bridgehead atoms. The molecule has 0 saturated heterocycles. The van der Waals surface area contributed by atoms with Crippen LogP contribution in [0.25, 0.3) is 11.8 Å². The number of carbonyl (C=O) groups is 1. The van der Waals surface area contributed by atoms with Crippen LogP contribution < -0.4 is 4.74 Å². The quantitative estimate of drug-likeness (QED) is 0.713. The number of fused-ring (bicyclic) bond motifs is 1. The number of nitrogens with one attached hydrogen (secondary N) is 1. The summed E-state index contributed by atoms with van der Waals surface area (Å²) in [4.78, 5) is 16.8. The molecule has 0 spiro atoms. The number of hydrazone groups is 1. The predicted octanol–water partition coefficient (Wildman–Crippen LogP) is 4.43. The van der Waals surface area contributed by atoms with E-state index in [0.717, 1.165) is 38.5 Å². The lowest BCUT2D eigenvalue weighted by Crippen LogP contribution is -2.35. The number of hydrogen-bond acceptors (Lipinski definition) is 6. The number of carbonyl (C=O) groups excluding carboxylic acids is 1. The van der Waals surface area contributed by atoms with Gasteiger partial charge < -0.3 is 9.30 Å². The number of aryl methyl sites for hydroxylation is 1. The number of nitrogens with zero attached hydrogens (tertiary/aromatic N) is 4. The molecular weight excluding hydrogens is 418 g/mol. The summed E-state index contributed by atoms with van der Waals surface area (Å²) < 4.78 is 8.24. The molecule has 0 unspecified atom stereocenters. The van der Waals surface area contributed by atoms with Gasteiger partial charge in [0.1, 0.15) is 5.75 Å². The lowest BCUT2D eigenvalue weighted by molar-refractivity contribution is -0.114. The van der Waals surface area contributed by atoms with Crippen molar-refractivity contribution in [3.05, 3.63) is 52.9 Å². The third-order valence-corrected chi connectivity index (χ3v) is 6.71. The fraction of sp³-hybridized carbons (Fsp3) is 0.238. The topological polar surface area (TPSA) is 83.0 Å². The van der Waals surface area contributed by atoms with Crippen LogP contribution in [0.5, 0.6) is 5.75 Å². The van der Waals surface area contributed by atoms with Gasteiger partial charge in [0.25, 0.3) is 5.91 Å². The van der Waals surface area contributed by atoms with Crippen LogP contribution in [0, 0.1) is 19.3 Å². The number of amidine groups is 2. The average Bonchev–Trinajstić information content (AvgIpc) is 3.25. The van der Waals surface area contributed by atoms with Gasteiger partial charge in [-0.25, -0.2) is 0 Å². The number of rotatable bonds is 4. The Morgan fingerprint density at radius 1 is 1.30 bits per heavy atom. The average molecular weight is 440 g/mol. The van der Waals surface area contributed by atoms with Crippen molar-refractivity contribution in [1.82, 2.24) is 9.58 Å². The van der Waals surface area contributed by atoms with Gasteiger partial charge in [0.2, 0.25) is 5.17 Å². The standard InChI is InChI=1S/C21H21N5O2S2/c1-5-29-21-24-26-18(22)17(19(27)23-20(26)30-21)10-14-9-12(2)25(13(14)3)15-7-6-8-16(11-15)28-4/h6-11,22H,5H2,1-4H3/b17-10+,22-18?. The number of amides is 1. The Bertz CT molecular complexity index is 1150.